The van der Waals surface area contributed by atoms with Gasteiger partial charge in [0.15, 0.2) is 17.3 Å². The molecule has 142 valence electrons. The van der Waals surface area contributed by atoms with Gasteiger partial charge in [-0.3, -0.25) is 10.1 Å². The van der Waals surface area contributed by atoms with Crippen LogP contribution in [0, 0.1) is 5.82 Å². The van der Waals surface area contributed by atoms with Crippen LogP contribution in [0.1, 0.15) is 11.1 Å². The molecular formula is C21H22FNO4. The summed E-state index contributed by atoms with van der Waals surface area (Å²) in [5.41, 5.74) is 0.430. The quantitative estimate of drug-likeness (QED) is 0.792. The molecule has 27 heavy (non-hydrogen) atoms. The van der Waals surface area contributed by atoms with E-state index in [0.717, 1.165) is 5.56 Å². The summed E-state index contributed by atoms with van der Waals surface area (Å²) in [4.78, 5) is 12.7. The molecule has 0 saturated carbocycles. The molecule has 2 aromatic rings. The van der Waals surface area contributed by atoms with E-state index in [-0.39, 0.29) is 11.6 Å². The van der Waals surface area contributed by atoms with E-state index in [9.17, 15) is 9.18 Å². The van der Waals surface area contributed by atoms with Crippen LogP contribution in [-0.4, -0.2) is 39.3 Å². The zero-order chi connectivity index (χ0) is 19.4. The number of carbonyl (C=O) groups is 1. The number of benzene rings is 2. The second-order valence-electron chi connectivity index (χ2n) is 6.17. The minimum Gasteiger partial charge on any atom is -0.493 e. The molecule has 0 radical (unpaired) electrons. The molecule has 3 rings (SSSR count). The van der Waals surface area contributed by atoms with Crippen LogP contribution in [0.2, 0.25) is 0 Å². The van der Waals surface area contributed by atoms with Gasteiger partial charge >= 0.3 is 0 Å². The van der Waals surface area contributed by atoms with E-state index in [2.05, 4.69) is 11.9 Å². The predicted molar refractivity (Wildman–Crippen MR) is 99.7 cm³/mol. The largest absolute Gasteiger partial charge is 0.493 e. The molecule has 2 atom stereocenters. The third-order valence-corrected chi connectivity index (χ3v) is 4.78. The Balaban J connectivity index is 2.25. The topological polar surface area (TPSA) is 56.8 Å². The van der Waals surface area contributed by atoms with Crippen molar-refractivity contribution in [1.29, 1.82) is 0 Å². The summed E-state index contributed by atoms with van der Waals surface area (Å²) in [7, 11) is 3.10. The molecule has 1 saturated heterocycles. The minimum atomic E-state index is -1.02. The highest BCUT2D eigenvalue weighted by atomic mass is 19.1. The molecule has 6 heteroatoms. The van der Waals surface area contributed by atoms with Gasteiger partial charge in [0, 0.05) is 6.54 Å². The molecule has 0 bridgehead atoms. The van der Waals surface area contributed by atoms with Gasteiger partial charge in [0.05, 0.1) is 20.8 Å². The van der Waals surface area contributed by atoms with Gasteiger partial charge in [-0.05, 0) is 41.5 Å². The van der Waals surface area contributed by atoms with E-state index in [4.69, 9.17) is 14.2 Å². The van der Waals surface area contributed by atoms with Crippen molar-refractivity contribution in [3.8, 4) is 11.5 Å². The number of ketones is 1. The Labute approximate surface area is 157 Å². The number of morpholine rings is 1. The first-order chi connectivity index (χ1) is 13.1. The Kier molecular flexibility index (Phi) is 5.58. The SMILES string of the molecule is C=CC(=O)C1OCCNC1(c1ccc(F)cc1)c1ccc(OC)c(OC)c1. The third-order valence-electron chi connectivity index (χ3n) is 4.78. The van der Waals surface area contributed by atoms with Crippen LogP contribution in [-0.2, 0) is 15.1 Å². The first kappa shape index (κ1) is 19.1. The Hall–Kier alpha value is -2.70. The minimum absolute atomic E-state index is 0.263. The molecule has 1 fully saturated rings. The van der Waals surface area contributed by atoms with Crippen LogP contribution >= 0.6 is 0 Å². The standard InChI is InChI=1S/C21H22FNO4/c1-4-17(24)20-21(23-11-12-27-20,14-5-8-16(22)9-6-14)15-7-10-18(25-2)19(13-15)26-3/h4-10,13,20,23H,1,11-12H2,2-3H3. The molecule has 2 unspecified atom stereocenters. The number of hydrogen-bond donors (Lipinski definition) is 1. The van der Waals surface area contributed by atoms with E-state index >= 15 is 0 Å². The lowest BCUT2D eigenvalue weighted by Crippen LogP contribution is -2.60. The lowest BCUT2D eigenvalue weighted by molar-refractivity contribution is -0.134. The smallest absolute Gasteiger partial charge is 0.186 e. The molecule has 0 aromatic heterocycles. The molecule has 5 nitrogen and oxygen atoms in total. The Morgan fingerprint density at radius 2 is 1.85 bits per heavy atom. The Bertz CT molecular complexity index is 837. The van der Waals surface area contributed by atoms with Crippen molar-refractivity contribution in [3.63, 3.8) is 0 Å². The summed E-state index contributed by atoms with van der Waals surface area (Å²) in [6.07, 6.45) is 0.392. The van der Waals surface area contributed by atoms with E-state index in [1.807, 2.05) is 6.07 Å². The van der Waals surface area contributed by atoms with Gasteiger partial charge in [0.2, 0.25) is 0 Å². The molecular weight excluding hydrogens is 349 g/mol. The normalized spacial score (nSPS) is 22.1. The number of halogens is 1. The molecule has 2 aromatic carbocycles. The molecule has 0 spiro atoms. The lowest BCUT2D eigenvalue weighted by atomic mass is 9.75. The number of rotatable bonds is 6. The third kappa shape index (κ3) is 3.34. The maximum Gasteiger partial charge on any atom is 0.186 e. The maximum absolute atomic E-state index is 13.5. The fourth-order valence-corrected chi connectivity index (χ4v) is 3.51. The van der Waals surface area contributed by atoms with Gasteiger partial charge in [-0.15, -0.1) is 0 Å². The number of methoxy groups -OCH3 is 2. The van der Waals surface area contributed by atoms with Gasteiger partial charge in [-0.25, -0.2) is 4.39 Å². The first-order valence-electron chi connectivity index (χ1n) is 8.58. The van der Waals surface area contributed by atoms with Crippen molar-refractivity contribution in [2.24, 2.45) is 0 Å². The van der Waals surface area contributed by atoms with Gasteiger partial charge in [0.25, 0.3) is 0 Å². The average molecular weight is 371 g/mol. The van der Waals surface area contributed by atoms with Crippen molar-refractivity contribution in [2.45, 2.75) is 11.6 Å². The van der Waals surface area contributed by atoms with Crippen molar-refractivity contribution in [3.05, 3.63) is 72.1 Å². The second-order valence-corrected chi connectivity index (χ2v) is 6.17. The summed E-state index contributed by atoms with van der Waals surface area (Å²) in [6, 6.07) is 11.4. The predicted octanol–water partition coefficient (Wildman–Crippen LogP) is 2.83. The highest BCUT2D eigenvalue weighted by Gasteiger charge is 2.48. The van der Waals surface area contributed by atoms with Crippen LogP contribution in [0.15, 0.2) is 55.1 Å². The highest BCUT2D eigenvalue weighted by Crippen LogP contribution is 2.40. The number of carbonyl (C=O) groups excluding carboxylic acids is 1. The van der Waals surface area contributed by atoms with Crippen LogP contribution in [0.5, 0.6) is 11.5 Å². The molecule has 0 aliphatic carbocycles. The Morgan fingerprint density at radius 1 is 1.19 bits per heavy atom. The fourth-order valence-electron chi connectivity index (χ4n) is 3.51. The van der Waals surface area contributed by atoms with Gasteiger partial charge in [-0.2, -0.15) is 0 Å². The summed E-state index contributed by atoms with van der Waals surface area (Å²) in [6.45, 7) is 4.50. The van der Waals surface area contributed by atoms with Crippen LogP contribution < -0.4 is 14.8 Å². The van der Waals surface area contributed by atoms with Crippen molar-refractivity contribution < 1.29 is 23.4 Å². The zero-order valence-corrected chi connectivity index (χ0v) is 15.3. The average Bonchev–Trinajstić information content (AvgIpc) is 2.73. The molecule has 0 amide bonds. The van der Waals surface area contributed by atoms with E-state index < -0.39 is 11.6 Å². The van der Waals surface area contributed by atoms with Gasteiger partial charge in [-0.1, -0.05) is 24.8 Å². The van der Waals surface area contributed by atoms with Crippen molar-refractivity contribution in [1.82, 2.24) is 5.32 Å². The number of nitrogens with one attached hydrogen (secondary N) is 1. The van der Waals surface area contributed by atoms with E-state index in [1.54, 1.807) is 38.5 Å². The van der Waals surface area contributed by atoms with Crippen LogP contribution in [0.4, 0.5) is 4.39 Å². The van der Waals surface area contributed by atoms with Crippen molar-refractivity contribution in [2.75, 3.05) is 27.4 Å². The summed E-state index contributed by atoms with van der Waals surface area (Å²) >= 11 is 0. The highest BCUT2D eigenvalue weighted by molar-refractivity contribution is 5.95. The van der Waals surface area contributed by atoms with Crippen LogP contribution in [0.3, 0.4) is 0 Å². The molecule has 1 aliphatic rings. The van der Waals surface area contributed by atoms with Crippen LogP contribution in [0.25, 0.3) is 0 Å². The van der Waals surface area contributed by atoms with E-state index in [1.165, 1.54) is 18.2 Å². The zero-order valence-electron chi connectivity index (χ0n) is 15.3. The molecule has 1 heterocycles. The Morgan fingerprint density at radius 3 is 2.48 bits per heavy atom. The maximum atomic E-state index is 13.5. The summed E-state index contributed by atoms with van der Waals surface area (Å²) in [5.74, 6) is 0.471. The fraction of sp³-hybridized carbons (Fsp3) is 0.286. The number of ether oxygens (including phenoxy) is 3. The first-order valence-corrected chi connectivity index (χ1v) is 8.58. The second kappa shape index (κ2) is 7.90. The lowest BCUT2D eigenvalue weighted by Gasteiger charge is -2.44. The molecule has 1 N–H and O–H groups in total. The van der Waals surface area contributed by atoms with Gasteiger partial charge < -0.3 is 14.2 Å². The van der Waals surface area contributed by atoms with Gasteiger partial charge in [0.1, 0.15) is 17.5 Å². The van der Waals surface area contributed by atoms with Crippen molar-refractivity contribution >= 4 is 5.78 Å². The summed E-state index contributed by atoms with van der Waals surface area (Å²) < 4.78 is 30.2. The number of hydrogen-bond acceptors (Lipinski definition) is 5. The molecule has 1 aliphatic heterocycles. The summed E-state index contributed by atoms with van der Waals surface area (Å²) in [5, 5.41) is 3.43. The van der Waals surface area contributed by atoms with E-state index in [0.29, 0.717) is 30.2 Å². The monoisotopic (exact) mass is 371 g/mol.